The zero-order valence-electron chi connectivity index (χ0n) is 12.0. The summed E-state index contributed by atoms with van der Waals surface area (Å²) >= 11 is 8.10. The van der Waals surface area contributed by atoms with Crippen molar-refractivity contribution in [3.05, 3.63) is 28.8 Å². The minimum Gasteiger partial charge on any atom is -0.493 e. The fourth-order valence-electron chi connectivity index (χ4n) is 1.72. The number of thioether (sulfide) groups is 1. The van der Waals surface area contributed by atoms with Gasteiger partial charge in [-0.25, -0.2) is 0 Å². The van der Waals surface area contributed by atoms with Gasteiger partial charge in [0.05, 0.1) is 6.61 Å². The zero-order chi connectivity index (χ0) is 14.1. The van der Waals surface area contributed by atoms with Crippen LogP contribution in [-0.4, -0.2) is 25.2 Å². The Morgan fingerprint density at radius 1 is 1.37 bits per heavy atom. The number of benzene rings is 1. The molecule has 19 heavy (non-hydrogen) atoms. The summed E-state index contributed by atoms with van der Waals surface area (Å²) in [5.41, 5.74) is 1.06. The van der Waals surface area contributed by atoms with Crippen LogP contribution in [0.25, 0.3) is 0 Å². The molecule has 4 heteroatoms. The number of rotatable bonds is 9. The maximum atomic E-state index is 6.26. The van der Waals surface area contributed by atoms with Crippen LogP contribution in [0.1, 0.15) is 25.8 Å². The predicted octanol–water partition coefficient (Wildman–Crippen LogP) is 4.22. The highest BCUT2D eigenvalue weighted by molar-refractivity contribution is 7.98. The van der Waals surface area contributed by atoms with Crippen molar-refractivity contribution in [2.45, 2.75) is 26.8 Å². The highest BCUT2D eigenvalue weighted by Crippen LogP contribution is 2.26. The second-order valence-corrected chi connectivity index (χ2v) is 6.33. The van der Waals surface area contributed by atoms with E-state index in [-0.39, 0.29) is 0 Å². The van der Waals surface area contributed by atoms with E-state index in [4.69, 9.17) is 16.3 Å². The fourth-order valence-corrected chi connectivity index (χ4v) is 2.36. The van der Waals surface area contributed by atoms with Crippen LogP contribution in [0.3, 0.4) is 0 Å². The first-order valence-electron chi connectivity index (χ1n) is 6.75. The van der Waals surface area contributed by atoms with Gasteiger partial charge in [0.2, 0.25) is 0 Å². The zero-order valence-corrected chi connectivity index (χ0v) is 13.6. The number of hydrogen-bond acceptors (Lipinski definition) is 3. The summed E-state index contributed by atoms with van der Waals surface area (Å²) in [5, 5.41) is 4.19. The molecule has 2 nitrogen and oxygen atoms in total. The van der Waals surface area contributed by atoms with Gasteiger partial charge in [-0.15, -0.1) is 0 Å². The molecule has 1 N–H and O–H groups in total. The quantitative estimate of drug-likeness (QED) is 0.690. The topological polar surface area (TPSA) is 21.3 Å². The first-order chi connectivity index (χ1) is 9.15. The monoisotopic (exact) mass is 301 g/mol. The molecule has 0 saturated heterocycles. The second-order valence-electron chi connectivity index (χ2n) is 4.94. The van der Waals surface area contributed by atoms with Crippen LogP contribution < -0.4 is 10.1 Å². The van der Waals surface area contributed by atoms with Crippen molar-refractivity contribution in [2.75, 3.05) is 25.2 Å². The fraction of sp³-hybridized carbons (Fsp3) is 0.600. The molecule has 0 radical (unpaired) electrons. The van der Waals surface area contributed by atoms with Gasteiger partial charge in [-0.2, -0.15) is 11.8 Å². The SMILES string of the molecule is CSCCCOc1cccc(Cl)c1CNCC(C)C. The molecule has 0 aromatic heterocycles. The summed E-state index contributed by atoms with van der Waals surface area (Å²) in [5.74, 6) is 2.67. The Morgan fingerprint density at radius 2 is 2.16 bits per heavy atom. The van der Waals surface area contributed by atoms with Crippen LogP contribution in [0.4, 0.5) is 0 Å². The molecule has 0 heterocycles. The first kappa shape index (κ1) is 16.7. The first-order valence-corrected chi connectivity index (χ1v) is 8.52. The van der Waals surface area contributed by atoms with E-state index < -0.39 is 0 Å². The molecule has 0 aliphatic rings. The van der Waals surface area contributed by atoms with Gasteiger partial charge in [0.25, 0.3) is 0 Å². The smallest absolute Gasteiger partial charge is 0.125 e. The summed E-state index contributed by atoms with van der Waals surface area (Å²) in [4.78, 5) is 0. The highest BCUT2D eigenvalue weighted by Gasteiger charge is 2.08. The van der Waals surface area contributed by atoms with E-state index in [0.717, 1.165) is 48.2 Å². The average Bonchev–Trinajstić information content (AvgIpc) is 2.37. The number of halogens is 1. The van der Waals surface area contributed by atoms with Crippen LogP contribution in [0.2, 0.25) is 5.02 Å². The molecule has 1 aromatic rings. The van der Waals surface area contributed by atoms with E-state index in [1.807, 2.05) is 30.0 Å². The molecule has 0 aliphatic heterocycles. The Bertz CT molecular complexity index is 371. The van der Waals surface area contributed by atoms with Crippen molar-refractivity contribution in [3.8, 4) is 5.75 Å². The summed E-state index contributed by atoms with van der Waals surface area (Å²) < 4.78 is 5.84. The Hall–Kier alpha value is -0.380. The predicted molar refractivity (Wildman–Crippen MR) is 86.5 cm³/mol. The lowest BCUT2D eigenvalue weighted by molar-refractivity contribution is 0.314. The summed E-state index contributed by atoms with van der Waals surface area (Å²) in [7, 11) is 0. The van der Waals surface area contributed by atoms with Crippen LogP contribution in [0.5, 0.6) is 5.75 Å². The third-order valence-electron chi connectivity index (χ3n) is 2.68. The Kier molecular flexibility index (Phi) is 8.35. The van der Waals surface area contributed by atoms with E-state index in [9.17, 15) is 0 Å². The van der Waals surface area contributed by atoms with E-state index in [0.29, 0.717) is 5.92 Å². The van der Waals surface area contributed by atoms with Gasteiger partial charge < -0.3 is 10.1 Å². The van der Waals surface area contributed by atoms with Crippen LogP contribution in [0, 0.1) is 5.92 Å². The standard InChI is InChI=1S/C15H24ClNOS/c1-12(2)10-17-11-13-14(16)6-4-7-15(13)18-8-5-9-19-3/h4,6-7,12,17H,5,8-11H2,1-3H3. The number of ether oxygens (including phenoxy) is 1. The van der Waals surface area contributed by atoms with Gasteiger partial charge in [0.15, 0.2) is 0 Å². The van der Waals surface area contributed by atoms with Gasteiger partial charge in [-0.05, 0) is 43.0 Å². The molecule has 0 bridgehead atoms. The van der Waals surface area contributed by atoms with Crippen molar-refractivity contribution >= 4 is 23.4 Å². The molecule has 0 unspecified atom stereocenters. The largest absolute Gasteiger partial charge is 0.493 e. The Morgan fingerprint density at radius 3 is 2.84 bits per heavy atom. The highest BCUT2D eigenvalue weighted by atomic mass is 35.5. The van der Waals surface area contributed by atoms with E-state index >= 15 is 0 Å². The van der Waals surface area contributed by atoms with Crippen molar-refractivity contribution in [1.82, 2.24) is 5.32 Å². The van der Waals surface area contributed by atoms with E-state index in [2.05, 4.69) is 25.4 Å². The number of hydrogen-bond donors (Lipinski definition) is 1. The van der Waals surface area contributed by atoms with Crippen molar-refractivity contribution in [2.24, 2.45) is 5.92 Å². The van der Waals surface area contributed by atoms with E-state index in [1.165, 1.54) is 0 Å². The maximum absolute atomic E-state index is 6.26. The minimum absolute atomic E-state index is 0.633. The Balaban J connectivity index is 2.56. The van der Waals surface area contributed by atoms with Crippen LogP contribution in [0.15, 0.2) is 18.2 Å². The second kappa shape index (κ2) is 9.51. The molecule has 1 rings (SSSR count). The van der Waals surface area contributed by atoms with Crippen molar-refractivity contribution in [3.63, 3.8) is 0 Å². The molecule has 0 atom stereocenters. The lowest BCUT2D eigenvalue weighted by atomic mass is 10.1. The van der Waals surface area contributed by atoms with Gasteiger partial charge in [0.1, 0.15) is 5.75 Å². The van der Waals surface area contributed by atoms with Gasteiger partial charge in [0, 0.05) is 17.1 Å². The molecule has 0 aliphatic carbocycles. The lowest BCUT2D eigenvalue weighted by Gasteiger charge is -2.14. The molecular weight excluding hydrogens is 278 g/mol. The minimum atomic E-state index is 0.633. The molecule has 1 aromatic carbocycles. The molecule has 0 fully saturated rings. The van der Waals surface area contributed by atoms with Crippen molar-refractivity contribution in [1.29, 1.82) is 0 Å². The average molecular weight is 302 g/mol. The van der Waals surface area contributed by atoms with Gasteiger partial charge >= 0.3 is 0 Å². The molecule has 0 saturated carbocycles. The molecule has 108 valence electrons. The maximum Gasteiger partial charge on any atom is 0.125 e. The Labute approximate surface area is 126 Å². The lowest BCUT2D eigenvalue weighted by Crippen LogP contribution is -2.19. The third kappa shape index (κ3) is 6.55. The summed E-state index contributed by atoms with van der Waals surface area (Å²) in [6, 6.07) is 5.86. The molecule has 0 spiro atoms. The molecule has 0 amide bonds. The third-order valence-corrected chi connectivity index (χ3v) is 3.73. The normalized spacial score (nSPS) is 11.0. The van der Waals surface area contributed by atoms with Crippen LogP contribution >= 0.6 is 23.4 Å². The molecular formula is C15H24ClNOS. The summed E-state index contributed by atoms with van der Waals surface area (Å²) in [6.07, 6.45) is 3.17. The van der Waals surface area contributed by atoms with Crippen LogP contribution in [-0.2, 0) is 6.54 Å². The van der Waals surface area contributed by atoms with Crippen molar-refractivity contribution < 1.29 is 4.74 Å². The van der Waals surface area contributed by atoms with Gasteiger partial charge in [-0.1, -0.05) is 31.5 Å². The summed E-state index contributed by atoms with van der Waals surface area (Å²) in [6.45, 7) is 6.88. The van der Waals surface area contributed by atoms with E-state index in [1.54, 1.807) is 0 Å². The number of nitrogens with one attached hydrogen (secondary N) is 1. The van der Waals surface area contributed by atoms with Gasteiger partial charge in [-0.3, -0.25) is 0 Å².